The summed E-state index contributed by atoms with van der Waals surface area (Å²) in [5, 5.41) is 6.65. The number of nitrogens with one attached hydrogen (secondary N) is 2. The van der Waals surface area contributed by atoms with Crippen LogP contribution in [0.4, 0.5) is 11.4 Å². The molecule has 0 unspecified atom stereocenters. The van der Waals surface area contributed by atoms with Crippen molar-refractivity contribution in [3.8, 4) is 0 Å². The highest BCUT2D eigenvalue weighted by Gasteiger charge is 2.17. The van der Waals surface area contributed by atoms with Crippen molar-refractivity contribution in [2.24, 2.45) is 0 Å². The molecular weight excluding hydrogens is 364 g/mol. The molecule has 1 atom stereocenters. The van der Waals surface area contributed by atoms with E-state index in [0.717, 1.165) is 57.1 Å². The summed E-state index contributed by atoms with van der Waals surface area (Å²) in [5.74, 6) is -0.0992. The summed E-state index contributed by atoms with van der Waals surface area (Å²) >= 11 is 5.35. The van der Waals surface area contributed by atoms with Gasteiger partial charge < -0.3 is 29.9 Å². The Kier molecular flexibility index (Phi) is 7.25. The zero-order chi connectivity index (χ0) is 19.1. The van der Waals surface area contributed by atoms with Gasteiger partial charge >= 0.3 is 0 Å². The molecule has 1 aromatic rings. The van der Waals surface area contributed by atoms with Crippen molar-refractivity contribution < 1.29 is 14.3 Å². The maximum Gasteiger partial charge on any atom is 0.243 e. The Hall–Kier alpha value is -1.90. The molecule has 1 amide bonds. The van der Waals surface area contributed by atoms with Crippen LogP contribution in [-0.4, -0.2) is 75.1 Å². The predicted molar refractivity (Wildman–Crippen MR) is 110 cm³/mol. The van der Waals surface area contributed by atoms with Crippen LogP contribution in [0.5, 0.6) is 0 Å². The molecule has 1 aromatic carbocycles. The molecule has 2 N–H and O–H groups in total. The molecule has 2 heterocycles. The normalized spacial score (nSPS) is 19.6. The zero-order valence-electron chi connectivity index (χ0n) is 15.8. The molecule has 27 heavy (non-hydrogen) atoms. The highest BCUT2D eigenvalue weighted by molar-refractivity contribution is 7.80. The van der Waals surface area contributed by atoms with Crippen molar-refractivity contribution in [1.29, 1.82) is 0 Å². The van der Waals surface area contributed by atoms with Crippen molar-refractivity contribution in [3.05, 3.63) is 24.3 Å². The van der Waals surface area contributed by atoms with Gasteiger partial charge in [0.15, 0.2) is 5.11 Å². The quantitative estimate of drug-likeness (QED) is 0.711. The lowest BCUT2D eigenvalue weighted by Crippen LogP contribution is -2.43. The summed E-state index contributed by atoms with van der Waals surface area (Å²) < 4.78 is 10.9. The molecule has 0 aromatic heterocycles. The molecule has 2 fully saturated rings. The van der Waals surface area contributed by atoms with Gasteiger partial charge in [0.05, 0.1) is 25.9 Å². The first kappa shape index (κ1) is 19.9. The van der Waals surface area contributed by atoms with Gasteiger partial charge in [0.25, 0.3) is 0 Å². The Bertz CT molecular complexity index is 628. The maximum absolute atomic E-state index is 12.3. The number of carbonyl (C=O) groups excluding carboxylic acids is 1. The van der Waals surface area contributed by atoms with Crippen molar-refractivity contribution in [1.82, 2.24) is 10.2 Å². The first-order valence-electron chi connectivity index (χ1n) is 9.45. The van der Waals surface area contributed by atoms with Crippen LogP contribution in [-0.2, 0) is 14.3 Å². The van der Waals surface area contributed by atoms with Gasteiger partial charge in [-0.2, -0.15) is 0 Å². The molecule has 0 spiro atoms. The van der Waals surface area contributed by atoms with Crippen molar-refractivity contribution >= 4 is 34.6 Å². The van der Waals surface area contributed by atoms with E-state index in [4.69, 9.17) is 21.7 Å². The third-order valence-electron chi connectivity index (χ3n) is 4.76. The van der Waals surface area contributed by atoms with Crippen LogP contribution in [0.2, 0.25) is 0 Å². The van der Waals surface area contributed by atoms with Gasteiger partial charge in [0.1, 0.15) is 0 Å². The van der Waals surface area contributed by atoms with Crippen LogP contribution in [0.15, 0.2) is 24.3 Å². The van der Waals surface area contributed by atoms with Crippen molar-refractivity contribution in [2.45, 2.75) is 18.9 Å². The van der Waals surface area contributed by atoms with E-state index in [-0.39, 0.29) is 18.6 Å². The fraction of sp³-hybridized carbons (Fsp3) is 0.579. The van der Waals surface area contributed by atoms with Crippen LogP contribution < -0.4 is 15.5 Å². The molecule has 3 rings (SSSR count). The molecule has 2 aliphatic heterocycles. The number of ether oxygens (including phenoxy) is 2. The largest absolute Gasteiger partial charge is 0.378 e. The van der Waals surface area contributed by atoms with Crippen molar-refractivity contribution in [3.63, 3.8) is 0 Å². The lowest BCUT2D eigenvalue weighted by Gasteiger charge is -2.29. The Labute approximate surface area is 166 Å². The van der Waals surface area contributed by atoms with E-state index in [2.05, 4.69) is 15.5 Å². The molecule has 2 saturated heterocycles. The van der Waals surface area contributed by atoms with Gasteiger partial charge in [0.2, 0.25) is 5.91 Å². The average molecular weight is 393 g/mol. The number of likely N-dealkylation sites (N-methyl/N-ethyl adjacent to an activating group) is 1. The number of thiocarbonyl (C=S) groups is 1. The summed E-state index contributed by atoms with van der Waals surface area (Å²) in [7, 11) is 1.81. The molecule has 0 bridgehead atoms. The van der Waals surface area contributed by atoms with E-state index in [1.807, 2.05) is 31.3 Å². The predicted octanol–water partition coefficient (Wildman–Crippen LogP) is 1.45. The lowest BCUT2D eigenvalue weighted by molar-refractivity contribution is -0.116. The van der Waals surface area contributed by atoms with Crippen LogP contribution in [0.1, 0.15) is 12.8 Å². The average Bonchev–Trinajstić information content (AvgIpc) is 3.21. The molecular formula is C19H28N4O3S. The summed E-state index contributed by atoms with van der Waals surface area (Å²) in [6.45, 7) is 5.01. The molecule has 7 nitrogen and oxygen atoms in total. The minimum absolute atomic E-state index is 0.0992. The standard InChI is InChI=1S/C19H28N4O3S/c1-22(19(27)20-13-17-3-2-10-26-17)14-18(24)21-15-4-6-16(7-5-15)23-8-11-25-12-9-23/h4-7,17H,2-3,8-14H2,1H3,(H,20,27)(H,21,24)/t17-/m1/s1. The number of hydrogen-bond acceptors (Lipinski definition) is 5. The molecule has 8 heteroatoms. The SMILES string of the molecule is CN(CC(=O)Nc1ccc(N2CCOCC2)cc1)C(=S)NC[C@H]1CCCO1. The summed E-state index contributed by atoms with van der Waals surface area (Å²) in [6, 6.07) is 7.91. The fourth-order valence-corrected chi connectivity index (χ4v) is 3.35. The smallest absolute Gasteiger partial charge is 0.243 e. The second-order valence-electron chi connectivity index (χ2n) is 6.87. The van der Waals surface area contributed by atoms with Gasteiger partial charge in [0, 0.05) is 44.7 Å². The number of benzene rings is 1. The Morgan fingerprint density at radius 2 is 2.00 bits per heavy atom. The third kappa shape index (κ3) is 6.05. The number of rotatable bonds is 6. The first-order chi connectivity index (χ1) is 13.1. The van der Waals surface area contributed by atoms with E-state index in [9.17, 15) is 4.79 Å². The van der Waals surface area contributed by atoms with Crippen LogP contribution in [0.25, 0.3) is 0 Å². The minimum Gasteiger partial charge on any atom is -0.378 e. The second kappa shape index (κ2) is 9.87. The Morgan fingerprint density at radius 1 is 1.26 bits per heavy atom. The van der Waals surface area contributed by atoms with E-state index in [1.165, 1.54) is 0 Å². The van der Waals surface area contributed by atoms with Gasteiger partial charge in [-0.3, -0.25) is 4.79 Å². The monoisotopic (exact) mass is 392 g/mol. The molecule has 0 saturated carbocycles. The number of amides is 1. The van der Waals surface area contributed by atoms with Gasteiger partial charge in [-0.1, -0.05) is 0 Å². The maximum atomic E-state index is 12.3. The number of carbonyl (C=O) groups is 1. The number of morpholine rings is 1. The van der Waals surface area contributed by atoms with Gasteiger partial charge in [-0.25, -0.2) is 0 Å². The van der Waals surface area contributed by atoms with E-state index in [0.29, 0.717) is 11.7 Å². The summed E-state index contributed by atoms with van der Waals surface area (Å²) in [5.41, 5.74) is 1.93. The molecule has 2 aliphatic rings. The van der Waals surface area contributed by atoms with Crippen LogP contribution in [0, 0.1) is 0 Å². The Morgan fingerprint density at radius 3 is 2.67 bits per heavy atom. The highest BCUT2D eigenvalue weighted by atomic mass is 32.1. The lowest BCUT2D eigenvalue weighted by atomic mass is 10.2. The van der Waals surface area contributed by atoms with E-state index < -0.39 is 0 Å². The first-order valence-corrected chi connectivity index (χ1v) is 9.86. The molecule has 0 aliphatic carbocycles. The van der Waals surface area contributed by atoms with E-state index >= 15 is 0 Å². The fourth-order valence-electron chi connectivity index (χ4n) is 3.21. The minimum atomic E-state index is -0.0992. The summed E-state index contributed by atoms with van der Waals surface area (Å²) in [4.78, 5) is 16.3. The number of anilines is 2. The second-order valence-corrected chi connectivity index (χ2v) is 7.26. The van der Waals surface area contributed by atoms with Gasteiger partial charge in [-0.15, -0.1) is 0 Å². The van der Waals surface area contributed by atoms with Crippen LogP contribution >= 0.6 is 12.2 Å². The highest BCUT2D eigenvalue weighted by Crippen LogP contribution is 2.19. The van der Waals surface area contributed by atoms with E-state index in [1.54, 1.807) is 4.90 Å². The topological polar surface area (TPSA) is 66.1 Å². The molecule has 148 valence electrons. The summed E-state index contributed by atoms with van der Waals surface area (Å²) in [6.07, 6.45) is 2.37. The molecule has 0 radical (unpaired) electrons. The van der Waals surface area contributed by atoms with Gasteiger partial charge in [-0.05, 0) is 49.3 Å². The number of nitrogens with zero attached hydrogens (tertiary/aromatic N) is 2. The Balaban J connectivity index is 1.41. The van der Waals surface area contributed by atoms with Crippen LogP contribution in [0.3, 0.4) is 0 Å². The third-order valence-corrected chi connectivity index (χ3v) is 5.22. The van der Waals surface area contributed by atoms with Crippen molar-refractivity contribution in [2.75, 3.05) is 63.3 Å². The zero-order valence-corrected chi connectivity index (χ0v) is 16.6. The number of hydrogen-bond donors (Lipinski definition) is 2.